The molecule has 8 nitrogen and oxygen atoms in total. The minimum atomic E-state index is -3.84. The molecule has 2 rings (SSSR count). The molecule has 1 aromatic rings. The second kappa shape index (κ2) is 8.35. The zero-order valence-corrected chi connectivity index (χ0v) is 17.0. The summed E-state index contributed by atoms with van der Waals surface area (Å²) >= 11 is 0. The van der Waals surface area contributed by atoms with Crippen LogP contribution in [-0.4, -0.2) is 54.6 Å². The first-order valence-electron chi connectivity index (χ1n) is 9.11. The van der Waals surface area contributed by atoms with Gasteiger partial charge in [-0.1, -0.05) is 13.0 Å². The molecule has 1 fully saturated rings. The third-order valence-electron chi connectivity index (χ3n) is 5.40. The van der Waals surface area contributed by atoms with Gasteiger partial charge in [0.2, 0.25) is 15.9 Å². The molecule has 1 aromatic carbocycles. The number of non-ortho nitro benzene ring substituents is 1. The molecular formula is C18H27N3O5S. The Morgan fingerprint density at radius 1 is 1.37 bits per heavy atom. The molecule has 1 unspecified atom stereocenters. The van der Waals surface area contributed by atoms with Gasteiger partial charge < -0.3 is 4.90 Å². The van der Waals surface area contributed by atoms with Gasteiger partial charge in [-0.05, 0) is 38.7 Å². The lowest BCUT2D eigenvalue weighted by Crippen LogP contribution is -2.45. The Bertz CT molecular complexity index is 816. The van der Waals surface area contributed by atoms with Crippen LogP contribution in [0.3, 0.4) is 0 Å². The Balaban J connectivity index is 2.14. The van der Waals surface area contributed by atoms with Crippen molar-refractivity contribution in [3.63, 3.8) is 0 Å². The van der Waals surface area contributed by atoms with E-state index in [9.17, 15) is 23.3 Å². The Hall–Kier alpha value is -2.00. The minimum Gasteiger partial charge on any atom is -0.343 e. The van der Waals surface area contributed by atoms with Crippen molar-refractivity contribution in [1.29, 1.82) is 0 Å². The van der Waals surface area contributed by atoms with Crippen molar-refractivity contribution in [3.8, 4) is 0 Å². The Labute approximate surface area is 160 Å². The molecule has 0 spiro atoms. The van der Waals surface area contributed by atoms with Crippen LogP contribution in [0.5, 0.6) is 0 Å². The normalized spacial score (nSPS) is 17.5. The quantitative estimate of drug-likeness (QED) is 0.542. The number of amides is 1. The fourth-order valence-corrected chi connectivity index (χ4v) is 4.96. The molecule has 27 heavy (non-hydrogen) atoms. The van der Waals surface area contributed by atoms with E-state index in [1.165, 1.54) is 16.4 Å². The van der Waals surface area contributed by atoms with E-state index in [0.717, 1.165) is 12.5 Å². The van der Waals surface area contributed by atoms with E-state index in [0.29, 0.717) is 18.4 Å². The molecule has 1 atom stereocenters. The number of aryl methyl sites for hydroxylation is 1. The van der Waals surface area contributed by atoms with Crippen molar-refractivity contribution in [2.45, 2.75) is 51.0 Å². The largest absolute Gasteiger partial charge is 0.343 e. The highest BCUT2D eigenvalue weighted by atomic mass is 32.2. The van der Waals surface area contributed by atoms with Gasteiger partial charge in [-0.25, -0.2) is 8.42 Å². The van der Waals surface area contributed by atoms with Crippen LogP contribution >= 0.6 is 0 Å². The number of nitro benzene ring substituents is 1. The fraction of sp³-hybridized carbons (Fsp3) is 0.611. The zero-order chi connectivity index (χ0) is 20.4. The van der Waals surface area contributed by atoms with Crippen LogP contribution in [0.2, 0.25) is 0 Å². The number of rotatable bonds is 6. The highest BCUT2D eigenvalue weighted by Crippen LogP contribution is 2.29. The summed E-state index contributed by atoms with van der Waals surface area (Å²) < 4.78 is 27.2. The average Bonchev–Trinajstić information content (AvgIpc) is 2.66. The van der Waals surface area contributed by atoms with Crippen molar-refractivity contribution in [1.82, 2.24) is 9.21 Å². The molecule has 0 N–H and O–H groups in total. The Morgan fingerprint density at radius 3 is 2.48 bits per heavy atom. The molecule has 1 heterocycles. The summed E-state index contributed by atoms with van der Waals surface area (Å²) in [5.41, 5.74) is 0.217. The maximum atomic E-state index is 13.0. The van der Waals surface area contributed by atoms with Crippen molar-refractivity contribution < 1.29 is 18.1 Å². The van der Waals surface area contributed by atoms with Gasteiger partial charge in [0.1, 0.15) is 0 Å². The van der Waals surface area contributed by atoms with Crippen molar-refractivity contribution in [2.24, 2.45) is 5.92 Å². The number of carbonyl (C=O) groups excluding carboxylic acids is 1. The van der Waals surface area contributed by atoms with Crippen LogP contribution in [0.1, 0.15) is 38.7 Å². The summed E-state index contributed by atoms with van der Waals surface area (Å²) in [6, 6.07) is 4.00. The molecule has 1 saturated heterocycles. The van der Waals surface area contributed by atoms with Crippen LogP contribution in [0, 0.1) is 23.0 Å². The van der Waals surface area contributed by atoms with Crippen molar-refractivity contribution in [2.75, 3.05) is 20.1 Å². The van der Waals surface area contributed by atoms with Gasteiger partial charge in [-0.3, -0.25) is 14.9 Å². The predicted molar refractivity (Wildman–Crippen MR) is 102 cm³/mol. The number of nitrogens with zero attached hydrogens (tertiary/aromatic N) is 3. The van der Waals surface area contributed by atoms with Gasteiger partial charge in [0.15, 0.2) is 0 Å². The topological polar surface area (TPSA) is 101 Å². The van der Waals surface area contributed by atoms with Gasteiger partial charge in [0.25, 0.3) is 5.69 Å². The lowest BCUT2D eigenvalue weighted by atomic mass is 9.96. The van der Waals surface area contributed by atoms with Gasteiger partial charge in [0.05, 0.1) is 9.82 Å². The van der Waals surface area contributed by atoms with Gasteiger partial charge in [-0.15, -0.1) is 0 Å². The van der Waals surface area contributed by atoms with Crippen molar-refractivity contribution >= 4 is 21.6 Å². The maximum absolute atomic E-state index is 13.0. The van der Waals surface area contributed by atoms with Gasteiger partial charge in [-0.2, -0.15) is 4.31 Å². The summed E-state index contributed by atoms with van der Waals surface area (Å²) in [7, 11) is -2.05. The van der Waals surface area contributed by atoms with Crippen LogP contribution in [0.25, 0.3) is 0 Å². The number of hydrogen-bond acceptors (Lipinski definition) is 5. The molecule has 1 aliphatic heterocycles. The second-order valence-electron chi connectivity index (χ2n) is 7.09. The first-order chi connectivity index (χ1) is 12.6. The van der Waals surface area contributed by atoms with Crippen LogP contribution in [-0.2, 0) is 14.8 Å². The highest BCUT2D eigenvalue weighted by molar-refractivity contribution is 7.89. The molecule has 0 aromatic heterocycles. The number of piperidine rings is 1. The zero-order valence-electron chi connectivity index (χ0n) is 16.2. The first-order valence-corrected chi connectivity index (χ1v) is 10.6. The van der Waals surface area contributed by atoms with E-state index >= 15 is 0 Å². The molecule has 150 valence electrons. The number of sulfonamides is 1. The van der Waals surface area contributed by atoms with Crippen LogP contribution < -0.4 is 0 Å². The van der Waals surface area contributed by atoms with Crippen LogP contribution in [0.15, 0.2) is 23.1 Å². The van der Waals surface area contributed by atoms with E-state index < -0.39 is 14.9 Å². The number of carbonyl (C=O) groups is 1. The third kappa shape index (κ3) is 4.47. The average molecular weight is 397 g/mol. The summed E-state index contributed by atoms with van der Waals surface area (Å²) in [4.78, 5) is 24.7. The summed E-state index contributed by atoms with van der Waals surface area (Å²) in [5, 5.41) is 11.0. The van der Waals surface area contributed by atoms with Gasteiger partial charge in [0, 0.05) is 44.2 Å². The van der Waals surface area contributed by atoms with Crippen molar-refractivity contribution in [3.05, 3.63) is 33.9 Å². The minimum absolute atomic E-state index is 0.0433. The van der Waals surface area contributed by atoms with Crippen LogP contribution in [0.4, 0.5) is 5.69 Å². The smallest absolute Gasteiger partial charge is 0.270 e. The maximum Gasteiger partial charge on any atom is 0.270 e. The molecule has 0 bridgehead atoms. The third-order valence-corrected chi connectivity index (χ3v) is 7.44. The molecule has 1 amide bonds. The predicted octanol–water partition coefficient (Wildman–Crippen LogP) is 2.56. The van der Waals surface area contributed by atoms with E-state index in [1.54, 1.807) is 18.9 Å². The molecular weight excluding hydrogens is 370 g/mol. The molecule has 0 saturated carbocycles. The molecule has 9 heteroatoms. The SMILES string of the molecule is CCC(C)N(C)C(=O)C1CCN(S(=O)(=O)c2cc([N+](=O)[O-])ccc2C)CC1. The Kier molecular flexibility index (Phi) is 6.59. The van der Waals surface area contributed by atoms with E-state index in [1.807, 2.05) is 13.8 Å². The molecule has 0 radical (unpaired) electrons. The number of benzene rings is 1. The van der Waals surface area contributed by atoms with E-state index in [-0.39, 0.29) is 41.5 Å². The van der Waals surface area contributed by atoms with E-state index in [4.69, 9.17) is 0 Å². The summed E-state index contributed by atoms with van der Waals surface area (Å²) in [6.45, 7) is 6.09. The highest BCUT2D eigenvalue weighted by Gasteiger charge is 2.35. The summed E-state index contributed by atoms with van der Waals surface area (Å²) in [6.07, 6.45) is 1.77. The second-order valence-corrected chi connectivity index (χ2v) is 9.00. The monoisotopic (exact) mass is 397 g/mol. The molecule has 1 aliphatic rings. The number of nitro groups is 1. The Morgan fingerprint density at radius 2 is 1.96 bits per heavy atom. The van der Waals surface area contributed by atoms with E-state index in [2.05, 4.69) is 0 Å². The van der Waals surface area contributed by atoms with Gasteiger partial charge >= 0.3 is 0 Å². The number of hydrogen-bond donors (Lipinski definition) is 0. The molecule has 0 aliphatic carbocycles. The lowest BCUT2D eigenvalue weighted by Gasteiger charge is -2.34. The fourth-order valence-electron chi connectivity index (χ4n) is 3.24. The lowest BCUT2D eigenvalue weighted by molar-refractivity contribution is -0.385. The standard InChI is InChI=1S/C18H27N3O5S/c1-5-14(3)19(4)18(22)15-8-10-20(11-9-15)27(25,26)17-12-16(21(23)24)7-6-13(17)2/h6-7,12,14-15H,5,8-11H2,1-4H3. The summed E-state index contributed by atoms with van der Waals surface area (Å²) in [5.74, 6) is -0.144. The first kappa shape index (κ1) is 21.3.